The summed E-state index contributed by atoms with van der Waals surface area (Å²) in [6.45, 7) is 1.16. The second-order valence-electron chi connectivity index (χ2n) is 5.81. The van der Waals surface area contributed by atoms with E-state index in [4.69, 9.17) is 0 Å². The molecular weight excluding hydrogens is 377 g/mol. The molecule has 3 amide bonds. The lowest BCUT2D eigenvalue weighted by molar-refractivity contribution is -0.115. The van der Waals surface area contributed by atoms with Crippen molar-refractivity contribution in [1.29, 1.82) is 0 Å². The van der Waals surface area contributed by atoms with Crippen molar-refractivity contribution in [1.82, 2.24) is 25.2 Å². The molecule has 1 atom stereocenters. The summed E-state index contributed by atoms with van der Waals surface area (Å²) in [4.78, 5) is 23.8. The number of carbonyl (C=O) groups is 2. The second-order valence-corrected chi connectivity index (χ2v) is 5.81. The second kappa shape index (κ2) is 7.94. The highest BCUT2D eigenvalue weighted by molar-refractivity contribution is 5.94. The van der Waals surface area contributed by atoms with Crippen molar-refractivity contribution in [3.8, 4) is 0 Å². The first-order valence-electron chi connectivity index (χ1n) is 8.14. The van der Waals surface area contributed by atoms with Gasteiger partial charge in [0.25, 0.3) is 0 Å². The Labute approximate surface area is 156 Å². The molecule has 28 heavy (non-hydrogen) atoms. The summed E-state index contributed by atoms with van der Waals surface area (Å²) in [5.41, 5.74) is 0.0777. The standard InChI is InChI=1S/C17H15F3N6O2/c1-9(16-25-24-12-4-2-3-7-26(12)16)22-17(28)21-8-13(27)23-11-6-5-10(18)14(19)15(11)20/h2-7,9H,8H2,1H3,(H,23,27)(H2,21,22,28). The maximum absolute atomic E-state index is 13.5. The van der Waals surface area contributed by atoms with Crippen molar-refractivity contribution in [2.75, 3.05) is 11.9 Å². The molecule has 0 saturated heterocycles. The molecule has 1 aromatic carbocycles. The number of carbonyl (C=O) groups excluding carboxylic acids is 2. The highest BCUT2D eigenvalue weighted by atomic mass is 19.2. The number of hydrogen-bond acceptors (Lipinski definition) is 4. The van der Waals surface area contributed by atoms with E-state index in [2.05, 4.69) is 20.8 Å². The monoisotopic (exact) mass is 392 g/mol. The zero-order valence-corrected chi connectivity index (χ0v) is 14.5. The van der Waals surface area contributed by atoms with Crippen LogP contribution in [0, 0.1) is 17.5 Å². The third-order valence-corrected chi connectivity index (χ3v) is 3.79. The Morgan fingerprint density at radius 2 is 1.89 bits per heavy atom. The van der Waals surface area contributed by atoms with Crippen molar-refractivity contribution < 1.29 is 22.8 Å². The quantitative estimate of drug-likeness (QED) is 0.579. The Balaban J connectivity index is 1.54. The Hall–Kier alpha value is -3.63. The number of amides is 3. The van der Waals surface area contributed by atoms with Crippen molar-refractivity contribution >= 4 is 23.3 Å². The molecule has 0 radical (unpaired) electrons. The molecule has 0 aliphatic rings. The summed E-state index contributed by atoms with van der Waals surface area (Å²) in [6, 6.07) is 5.69. The molecule has 3 aromatic rings. The first-order valence-corrected chi connectivity index (χ1v) is 8.14. The van der Waals surface area contributed by atoms with Crippen LogP contribution in [0.3, 0.4) is 0 Å². The average molecular weight is 392 g/mol. The van der Waals surface area contributed by atoms with Gasteiger partial charge < -0.3 is 16.0 Å². The lowest BCUT2D eigenvalue weighted by Crippen LogP contribution is -2.41. The topological polar surface area (TPSA) is 100 Å². The highest BCUT2D eigenvalue weighted by Crippen LogP contribution is 2.19. The lowest BCUT2D eigenvalue weighted by Gasteiger charge is -2.13. The summed E-state index contributed by atoms with van der Waals surface area (Å²) < 4.78 is 41.3. The number of benzene rings is 1. The number of anilines is 1. The largest absolute Gasteiger partial charge is 0.329 e. The van der Waals surface area contributed by atoms with Gasteiger partial charge in [0.1, 0.15) is 0 Å². The number of nitrogens with zero attached hydrogens (tertiary/aromatic N) is 3. The van der Waals surface area contributed by atoms with E-state index >= 15 is 0 Å². The molecule has 0 aliphatic carbocycles. The van der Waals surface area contributed by atoms with Gasteiger partial charge in [-0.1, -0.05) is 6.07 Å². The van der Waals surface area contributed by atoms with Gasteiger partial charge in [0.05, 0.1) is 18.3 Å². The average Bonchev–Trinajstić information content (AvgIpc) is 3.11. The van der Waals surface area contributed by atoms with E-state index in [1.165, 1.54) is 0 Å². The molecule has 0 bridgehead atoms. The number of fused-ring (bicyclic) bond motifs is 1. The SMILES string of the molecule is CC(NC(=O)NCC(=O)Nc1ccc(F)c(F)c1F)c1nnc2ccccn12. The first kappa shape index (κ1) is 19.1. The Bertz CT molecular complexity index is 1040. The van der Waals surface area contributed by atoms with Gasteiger partial charge in [-0.05, 0) is 31.2 Å². The maximum Gasteiger partial charge on any atom is 0.315 e. The molecule has 0 aliphatic heterocycles. The minimum Gasteiger partial charge on any atom is -0.329 e. The first-order chi connectivity index (χ1) is 13.4. The van der Waals surface area contributed by atoms with Crippen molar-refractivity contribution in [3.63, 3.8) is 0 Å². The molecule has 0 fully saturated rings. The van der Waals surface area contributed by atoms with E-state index in [0.29, 0.717) is 17.5 Å². The molecule has 0 saturated carbocycles. The van der Waals surface area contributed by atoms with E-state index < -0.39 is 47.7 Å². The number of pyridine rings is 1. The minimum absolute atomic E-state index is 0.485. The highest BCUT2D eigenvalue weighted by Gasteiger charge is 2.17. The molecular formula is C17H15F3N6O2. The van der Waals surface area contributed by atoms with Crippen molar-refractivity contribution in [3.05, 3.63) is 59.8 Å². The minimum atomic E-state index is -1.70. The van der Waals surface area contributed by atoms with E-state index in [-0.39, 0.29) is 0 Å². The number of rotatable bonds is 5. The summed E-state index contributed by atoms with van der Waals surface area (Å²) in [7, 11) is 0. The van der Waals surface area contributed by atoms with Gasteiger partial charge in [-0.3, -0.25) is 9.20 Å². The van der Waals surface area contributed by atoms with Crippen molar-refractivity contribution in [2.24, 2.45) is 0 Å². The number of nitrogens with one attached hydrogen (secondary N) is 3. The normalized spacial score (nSPS) is 11.9. The maximum atomic E-state index is 13.5. The smallest absolute Gasteiger partial charge is 0.315 e. The predicted octanol–water partition coefficient (Wildman–Crippen LogP) is 2.15. The third kappa shape index (κ3) is 4.03. The van der Waals surface area contributed by atoms with Gasteiger partial charge >= 0.3 is 6.03 Å². The summed E-state index contributed by atoms with van der Waals surface area (Å²) in [5, 5.41) is 14.9. The van der Waals surface area contributed by atoms with Gasteiger partial charge in [-0.15, -0.1) is 10.2 Å². The van der Waals surface area contributed by atoms with Gasteiger partial charge in [-0.25, -0.2) is 18.0 Å². The van der Waals surface area contributed by atoms with Crippen LogP contribution in [0.1, 0.15) is 18.8 Å². The molecule has 3 rings (SSSR count). The van der Waals surface area contributed by atoms with Gasteiger partial charge in [-0.2, -0.15) is 0 Å². The van der Waals surface area contributed by atoms with Crippen LogP contribution in [-0.4, -0.2) is 33.1 Å². The molecule has 3 N–H and O–H groups in total. The molecule has 11 heteroatoms. The zero-order chi connectivity index (χ0) is 20.3. The van der Waals surface area contributed by atoms with Crippen LogP contribution in [0.15, 0.2) is 36.5 Å². The van der Waals surface area contributed by atoms with Crippen LogP contribution in [0.5, 0.6) is 0 Å². The lowest BCUT2D eigenvalue weighted by atomic mass is 10.2. The molecule has 8 nitrogen and oxygen atoms in total. The number of urea groups is 1. The van der Waals surface area contributed by atoms with Crippen LogP contribution in [0.4, 0.5) is 23.7 Å². The van der Waals surface area contributed by atoms with Crippen LogP contribution in [0.25, 0.3) is 5.65 Å². The molecule has 1 unspecified atom stereocenters. The van der Waals surface area contributed by atoms with E-state index in [1.54, 1.807) is 35.7 Å². The van der Waals surface area contributed by atoms with E-state index in [0.717, 1.165) is 6.07 Å². The van der Waals surface area contributed by atoms with Gasteiger partial charge in [0.2, 0.25) is 5.91 Å². The van der Waals surface area contributed by atoms with E-state index in [9.17, 15) is 22.8 Å². The number of halogens is 3. The van der Waals surface area contributed by atoms with Crippen LogP contribution in [-0.2, 0) is 4.79 Å². The fourth-order valence-electron chi connectivity index (χ4n) is 2.44. The fourth-order valence-corrected chi connectivity index (χ4v) is 2.44. The number of aromatic nitrogens is 3. The van der Waals surface area contributed by atoms with Crippen LogP contribution >= 0.6 is 0 Å². The molecule has 2 heterocycles. The molecule has 2 aromatic heterocycles. The molecule has 0 spiro atoms. The number of hydrogen-bond donors (Lipinski definition) is 3. The van der Waals surface area contributed by atoms with Gasteiger partial charge in [0.15, 0.2) is 28.9 Å². The van der Waals surface area contributed by atoms with Crippen LogP contribution in [0.2, 0.25) is 0 Å². The van der Waals surface area contributed by atoms with Crippen molar-refractivity contribution in [2.45, 2.75) is 13.0 Å². The third-order valence-electron chi connectivity index (χ3n) is 3.79. The molecule has 146 valence electrons. The Morgan fingerprint density at radius 3 is 2.68 bits per heavy atom. The summed E-state index contributed by atoms with van der Waals surface area (Å²) in [5.74, 6) is -4.93. The van der Waals surface area contributed by atoms with Gasteiger partial charge in [0, 0.05) is 6.20 Å². The Kier molecular flexibility index (Phi) is 5.43. The Morgan fingerprint density at radius 1 is 1.11 bits per heavy atom. The summed E-state index contributed by atoms with van der Waals surface area (Å²) in [6.07, 6.45) is 1.74. The fraction of sp³-hybridized carbons (Fsp3) is 0.176. The zero-order valence-electron chi connectivity index (χ0n) is 14.5. The summed E-state index contributed by atoms with van der Waals surface area (Å²) >= 11 is 0. The predicted molar refractivity (Wildman–Crippen MR) is 92.9 cm³/mol. The van der Waals surface area contributed by atoms with E-state index in [1.807, 2.05) is 5.32 Å². The van der Waals surface area contributed by atoms with Crippen LogP contribution < -0.4 is 16.0 Å².